The van der Waals surface area contributed by atoms with E-state index in [-0.39, 0.29) is 18.5 Å². The van der Waals surface area contributed by atoms with Crippen LogP contribution in [-0.2, 0) is 6.54 Å². The number of nitrogens with zero attached hydrogens (tertiary/aromatic N) is 1. The molecule has 0 saturated heterocycles. The van der Waals surface area contributed by atoms with Crippen molar-refractivity contribution in [2.45, 2.75) is 19.5 Å². The second-order valence-corrected chi connectivity index (χ2v) is 4.27. The van der Waals surface area contributed by atoms with Gasteiger partial charge in [-0.25, -0.2) is 8.78 Å². The predicted octanol–water partition coefficient (Wildman–Crippen LogP) is 3.32. The summed E-state index contributed by atoms with van der Waals surface area (Å²) in [5, 5.41) is 13.4. The fourth-order valence-corrected chi connectivity index (χ4v) is 1.78. The minimum Gasteiger partial charge on any atom is -0.404 e. The molecule has 1 atom stereocenters. The van der Waals surface area contributed by atoms with Crippen LogP contribution >= 0.6 is 0 Å². The van der Waals surface area contributed by atoms with Crippen LogP contribution < -0.4 is 5.32 Å². The fourth-order valence-electron chi connectivity index (χ4n) is 1.78. The molecule has 0 aliphatic rings. The first kappa shape index (κ1) is 14.1. The third-order valence-corrected chi connectivity index (χ3v) is 2.84. The van der Waals surface area contributed by atoms with Crippen LogP contribution in [0.25, 0.3) is 0 Å². The predicted molar refractivity (Wildman–Crippen MR) is 67.0 cm³/mol. The number of furan rings is 1. The van der Waals surface area contributed by atoms with Gasteiger partial charge in [-0.2, -0.15) is 0 Å². The molecule has 0 aliphatic carbocycles. The van der Waals surface area contributed by atoms with Gasteiger partial charge < -0.3 is 9.73 Å². The van der Waals surface area contributed by atoms with Gasteiger partial charge in [-0.3, -0.25) is 10.1 Å². The van der Waals surface area contributed by atoms with Gasteiger partial charge in [-0.15, -0.1) is 0 Å². The summed E-state index contributed by atoms with van der Waals surface area (Å²) in [4.78, 5) is 9.82. The monoisotopic (exact) mass is 282 g/mol. The number of benzene rings is 1. The highest BCUT2D eigenvalue weighted by Gasteiger charge is 2.14. The summed E-state index contributed by atoms with van der Waals surface area (Å²) in [5.74, 6) is -1.26. The van der Waals surface area contributed by atoms with Crippen LogP contribution in [0.4, 0.5) is 14.7 Å². The van der Waals surface area contributed by atoms with Gasteiger partial charge in [0.1, 0.15) is 22.3 Å². The Kier molecular flexibility index (Phi) is 4.09. The third-order valence-electron chi connectivity index (χ3n) is 2.84. The van der Waals surface area contributed by atoms with Gasteiger partial charge in [0, 0.05) is 17.7 Å². The number of hydrogen-bond donors (Lipinski definition) is 1. The van der Waals surface area contributed by atoms with Gasteiger partial charge in [-0.05, 0) is 19.1 Å². The summed E-state index contributed by atoms with van der Waals surface area (Å²) in [6.45, 7) is 1.90. The molecule has 0 fully saturated rings. The molecule has 1 heterocycles. The van der Waals surface area contributed by atoms with Crippen LogP contribution in [0.3, 0.4) is 0 Å². The molecule has 2 aromatic rings. The lowest BCUT2D eigenvalue weighted by atomic mass is 10.1. The Morgan fingerprint density at radius 1 is 1.35 bits per heavy atom. The van der Waals surface area contributed by atoms with Crippen molar-refractivity contribution in [3.63, 3.8) is 0 Å². The number of rotatable bonds is 5. The van der Waals surface area contributed by atoms with E-state index >= 15 is 0 Å². The van der Waals surface area contributed by atoms with Crippen molar-refractivity contribution in [3.8, 4) is 0 Å². The van der Waals surface area contributed by atoms with Crippen molar-refractivity contribution in [2.75, 3.05) is 0 Å². The molecular formula is C13H12F2N2O3. The molecule has 2 rings (SSSR count). The Balaban J connectivity index is 2.00. The minimum absolute atomic E-state index is 0.200. The maximum Gasteiger partial charge on any atom is 0.433 e. The summed E-state index contributed by atoms with van der Waals surface area (Å²) in [6.07, 6.45) is 0. The highest BCUT2D eigenvalue weighted by molar-refractivity contribution is 5.22. The molecule has 106 valence electrons. The van der Waals surface area contributed by atoms with E-state index in [4.69, 9.17) is 4.42 Å². The second kappa shape index (κ2) is 5.79. The average molecular weight is 282 g/mol. The Morgan fingerprint density at radius 3 is 2.70 bits per heavy atom. The zero-order chi connectivity index (χ0) is 14.7. The van der Waals surface area contributed by atoms with Crippen molar-refractivity contribution in [1.29, 1.82) is 0 Å². The summed E-state index contributed by atoms with van der Waals surface area (Å²) in [5.41, 5.74) is 0.312. The van der Waals surface area contributed by atoms with Crippen molar-refractivity contribution < 1.29 is 18.1 Å². The van der Waals surface area contributed by atoms with Gasteiger partial charge in [0.05, 0.1) is 12.6 Å². The van der Waals surface area contributed by atoms with Crippen molar-refractivity contribution in [3.05, 3.63) is 63.4 Å². The van der Waals surface area contributed by atoms with Crippen LogP contribution in [0.15, 0.2) is 34.7 Å². The normalized spacial score (nSPS) is 12.3. The molecule has 1 unspecified atom stereocenters. The smallest absolute Gasteiger partial charge is 0.404 e. The molecule has 5 nitrogen and oxygen atoms in total. The van der Waals surface area contributed by atoms with Crippen LogP contribution in [0.1, 0.15) is 24.3 Å². The van der Waals surface area contributed by atoms with Crippen LogP contribution in [0.5, 0.6) is 0 Å². The molecule has 1 aromatic carbocycles. The summed E-state index contributed by atoms with van der Waals surface area (Å²) in [7, 11) is 0. The highest BCUT2D eigenvalue weighted by atomic mass is 19.1. The Morgan fingerprint density at radius 2 is 2.10 bits per heavy atom. The zero-order valence-electron chi connectivity index (χ0n) is 10.6. The van der Waals surface area contributed by atoms with E-state index in [0.717, 1.165) is 6.07 Å². The van der Waals surface area contributed by atoms with Crippen LogP contribution in [0, 0.1) is 21.7 Å². The first-order valence-electron chi connectivity index (χ1n) is 5.89. The molecular weight excluding hydrogens is 270 g/mol. The second-order valence-electron chi connectivity index (χ2n) is 4.27. The molecule has 7 heteroatoms. The number of nitro groups is 1. The molecule has 0 saturated carbocycles. The largest absolute Gasteiger partial charge is 0.433 e. The quantitative estimate of drug-likeness (QED) is 0.674. The van der Waals surface area contributed by atoms with E-state index in [0.29, 0.717) is 11.3 Å². The third kappa shape index (κ3) is 3.18. The van der Waals surface area contributed by atoms with Gasteiger partial charge in [0.25, 0.3) is 0 Å². The fraction of sp³-hybridized carbons (Fsp3) is 0.231. The van der Waals surface area contributed by atoms with E-state index in [9.17, 15) is 18.9 Å². The molecule has 0 aliphatic heterocycles. The molecule has 1 N–H and O–H groups in total. The SMILES string of the molecule is CC(NCc1ccc([N+](=O)[O-])o1)c1ccc(F)cc1F. The van der Waals surface area contributed by atoms with Crippen molar-refractivity contribution in [2.24, 2.45) is 0 Å². The number of hydrogen-bond acceptors (Lipinski definition) is 4. The topological polar surface area (TPSA) is 68.3 Å². The van der Waals surface area contributed by atoms with Crippen LogP contribution in [-0.4, -0.2) is 4.92 Å². The Labute approximate surface area is 113 Å². The first-order chi connectivity index (χ1) is 9.47. The van der Waals surface area contributed by atoms with Gasteiger partial charge >= 0.3 is 5.88 Å². The maximum atomic E-state index is 13.5. The van der Waals surface area contributed by atoms with Gasteiger partial charge in [0.2, 0.25) is 0 Å². The van der Waals surface area contributed by atoms with E-state index in [1.54, 1.807) is 6.92 Å². The molecule has 1 aromatic heterocycles. The van der Waals surface area contributed by atoms with Gasteiger partial charge in [-0.1, -0.05) is 6.07 Å². The molecule has 20 heavy (non-hydrogen) atoms. The van der Waals surface area contributed by atoms with E-state index < -0.39 is 16.6 Å². The van der Waals surface area contributed by atoms with E-state index in [1.807, 2.05) is 0 Å². The number of halogens is 2. The Hall–Kier alpha value is -2.28. The maximum absolute atomic E-state index is 13.5. The molecule has 0 bridgehead atoms. The highest BCUT2D eigenvalue weighted by Crippen LogP contribution is 2.20. The van der Waals surface area contributed by atoms with E-state index in [1.165, 1.54) is 24.3 Å². The summed E-state index contributed by atoms with van der Waals surface area (Å²) in [6, 6.07) is 5.67. The average Bonchev–Trinajstić information content (AvgIpc) is 2.85. The lowest BCUT2D eigenvalue weighted by Crippen LogP contribution is -2.18. The van der Waals surface area contributed by atoms with Crippen molar-refractivity contribution >= 4 is 5.88 Å². The summed E-state index contributed by atoms with van der Waals surface area (Å²) < 4.78 is 31.3. The minimum atomic E-state index is -0.643. The Bertz CT molecular complexity index is 628. The zero-order valence-corrected chi connectivity index (χ0v) is 10.6. The lowest BCUT2D eigenvalue weighted by molar-refractivity contribution is -0.402. The van der Waals surface area contributed by atoms with Crippen molar-refractivity contribution in [1.82, 2.24) is 5.32 Å². The lowest BCUT2D eigenvalue weighted by Gasteiger charge is -2.14. The number of nitrogens with one attached hydrogen (secondary N) is 1. The van der Waals surface area contributed by atoms with Crippen LogP contribution in [0.2, 0.25) is 0 Å². The summed E-state index contributed by atoms with van der Waals surface area (Å²) >= 11 is 0. The van der Waals surface area contributed by atoms with Gasteiger partial charge in [0.15, 0.2) is 0 Å². The first-order valence-corrected chi connectivity index (χ1v) is 5.89. The standard InChI is InChI=1S/C13H12F2N2O3/c1-8(11-4-2-9(14)6-12(11)15)16-7-10-3-5-13(20-10)17(18)19/h2-6,8,16H,7H2,1H3. The van der Waals surface area contributed by atoms with E-state index in [2.05, 4.69) is 5.32 Å². The molecule has 0 amide bonds. The molecule has 0 spiro atoms. The molecule has 0 radical (unpaired) electrons.